The summed E-state index contributed by atoms with van der Waals surface area (Å²) < 4.78 is 41.6. The molecule has 0 unspecified atom stereocenters. The maximum absolute atomic E-state index is 12.5. The topological polar surface area (TPSA) is 44.7 Å². The summed E-state index contributed by atoms with van der Waals surface area (Å²) in [6.07, 6.45) is -3.12. The number of aromatic hydroxyl groups is 1. The summed E-state index contributed by atoms with van der Waals surface area (Å²) >= 11 is 0. The van der Waals surface area contributed by atoms with Gasteiger partial charge in [0.2, 0.25) is 0 Å². The van der Waals surface area contributed by atoms with E-state index in [1.807, 2.05) is 12.1 Å². The summed E-state index contributed by atoms with van der Waals surface area (Å²) in [6.45, 7) is 1.56. The van der Waals surface area contributed by atoms with Gasteiger partial charge in [-0.05, 0) is 49.2 Å². The fourth-order valence-corrected chi connectivity index (χ4v) is 2.96. The number of hydrogen-bond acceptors (Lipinski definition) is 4. The van der Waals surface area contributed by atoms with E-state index >= 15 is 0 Å². The van der Waals surface area contributed by atoms with Gasteiger partial charge in [-0.25, -0.2) is 0 Å². The smallest absolute Gasteiger partial charge is 0.508 e. The molecule has 1 heterocycles. The van der Waals surface area contributed by atoms with Gasteiger partial charge >= 0.3 is 6.36 Å². The van der Waals surface area contributed by atoms with Gasteiger partial charge < -0.3 is 20.1 Å². The molecule has 4 nitrogen and oxygen atoms in total. The first-order valence-corrected chi connectivity index (χ1v) is 8.06. The summed E-state index contributed by atoms with van der Waals surface area (Å²) in [5, 5.41) is 12.5. The lowest BCUT2D eigenvalue weighted by atomic mass is 10.0. The van der Waals surface area contributed by atoms with Crippen LogP contribution >= 0.6 is 0 Å². The van der Waals surface area contributed by atoms with Crippen LogP contribution in [0.4, 0.5) is 24.5 Å². The number of rotatable bonds is 4. The zero-order chi connectivity index (χ0) is 17.9. The van der Waals surface area contributed by atoms with Crippen molar-refractivity contribution in [3.8, 4) is 11.5 Å². The number of nitrogens with zero attached hydrogens (tertiary/aromatic N) is 1. The van der Waals surface area contributed by atoms with Gasteiger partial charge in [0.15, 0.2) is 5.75 Å². The third-order valence-corrected chi connectivity index (χ3v) is 4.18. The number of hydrogen-bond donors (Lipinski definition) is 2. The quantitative estimate of drug-likeness (QED) is 0.858. The summed E-state index contributed by atoms with van der Waals surface area (Å²) in [7, 11) is 0. The van der Waals surface area contributed by atoms with Gasteiger partial charge in [0.25, 0.3) is 0 Å². The molecule has 0 atom stereocenters. The summed E-state index contributed by atoms with van der Waals surface area (Å²) in [4.78, 5) is 2.19. The van der Waals surface area contributed by atoms with E-state index in [0.717, 1.165) is 31.6 Å². The van der Waals surface area contributed by atoms with Gasteiger partial charge in [-0.15, -0.1) is 13.2 Å². The lowest BCUT2D eigenvalue weighted by molar-refractivity contribution is -0.274. The number of benzene rings is 2. The fraction of sp³-hybridized carbons (Fsp3) is 0.333. The molecule has 2 aromatic carbocycles. The predicted molar refractivity (Wildman–Crippen MR) is 90.1 cm³/mol. The van der Waals surface area contributed by atoms with Crippen LogP contribution < -0.4 is 15.0 Å². The SMILES string of the molecule is Oc1ccc(N2CCC(Nc3ccccc3OC(F)(F)F)CC2)cc1. The van der Waals surface area contributed by atoms with Crippen molar-refractivity contribution in [2.75, 3.05) is 23.3 Å². The molecule has 1 fully saturated rings. The van der Waals surface area contributed by atoms with Crippen LogP contribution in [0.15, 0.2) is 48.5 Å². The fourth-order valence-electron chi connectivity index (χ4n) is 2.96. The average molecular weight is 352 g/mol. The molecule has 0 radical (unpaired) electrons. The number of phenols is 1. The Hall–Kier alpha value is -2.57. The molecule has 0 aromatic heterocycles. The lowest BCUT2D eigenvalue weighted by Crippen LogP contribution is -2.39. The van der Waals surface area contributed by atoms with Crippen LogP contribution in [0.3, 0.4) is 0 Å². The molecule has 3 rings (SSSR count). The highest BCUT2D eigenvalue weighted by Gasteiger charge is 2.32. The molecule has 0 spiro atoms. The van der Waals surface area contributed by atoms with Gasteiger partial charge in [-0.2, -0.15) is 0 Å². The molecular weight excluding hydrogens is 333 g/mol. The van der Waals surface area contributed by atoms with Crippen molar-refractivity contribution in [3.63, 3.8) is 0 Å². The highest BCUT2D eigenvalue weighted by Crippen LogP contribution is 2.32. The number of piperidine rings is 1. The van der Waals surface area contributed by atoms with Crippen LogP contribution in [-0.4, -0.2) is 30.6 Å². The van der Waals surface area contributed by atoms with Crippen molar-refractivity contribution in [2.45, 2.75) is 25.2 Å². The summed E-state index contributed by atoms with van der Waals surface area (Å²) in [5.74, 6) is 0.0116. The molecule has 0 saturated carbocycles. The second-order valence-corrected chi connectivity index (χ2v) is 5.97. The van der Waals surface area contributed by atoms with Crippen molar-refractivity contribution in [3.05, 3.63) is 48.5 Å². The number of halogens is 3. The molecule has 25 heavy (non-hydrogen) atoms. The average Bonchev–Trinajstić information content (AvgIpc) is 2.57. The molecule has 2 aromatic rings. The second-order valence-electron chi connectivity index (χ2n) is 5.97. The van der Waals surface area contributed by atoms with E-state index in [4.69, 9.17) is 0 Å². The standard InChI is InChI=1S/C18H19F3N2O2/c19-18(20,21)25-17-4-2-1-3-16(17)22-13-9-11-23(12-10-13)14-5-7-15(24)8-6-14/h1-8,13,22,24H,9-12H2. The number of alkyl halides is 3. The van der Waals surface area contributed by atoms with Crippen molar-refractivity contribution in [2.24, 2.45) is 0 Å². The minimum atomic E-state index is -4.71. The maximum atomic E-state index is 12.5. The van der Waals surface area contributed by atoms with E-state index in [1.54, 1.807) is 24.3 Å². The molecule has 134 valence electrons. The number of para-hydroxylation sites is 2. The lowest BCUT2D eigenvalue weighted by Gasteiger charge is -2.34. The third kappa shape index (κ3) is 4.71. The molecule has 0 aliphatic carbocycles. The highest BCUT2D eigenvalue weighted by molar-refractivity contribution is 5.57. The first-order chi connectivity index (χ1) is 11.9. The van der Waals surface area contributed by atoms with Crippen molar-refractivity contribution < 1.29 is 23.0 Å². The Labute approximate surface area is 143 Å². The van der Waals surface area contributed by atoms with Crippen LogP contribution in [0.2, 0.25) is 0 Å². The normalized spacial score (nSPS) is 15.9. The third-order valence-electron chi connectivity index (χ3n) is 4.18. The van der Waals surface area contributed by atoms with Crippen molar-refractivity contribution in [1.29, 1.82) is 0 Å². The first kappa shape index (κ1) is 17.3. The Bertz CT molecular complexity index is 696. The van der Waals surface area contributed by atoms with E-state index in [-0.39, 0.29) is 17.5 Å². The van der Waals surface area contributed by atoms with E-state index in [1.165, 1.54) is 12.1 Å². The van der Waals surface area contributed by atoms with E-state index in [9.17, 15) is 18.3 Å². The Balaban J connectivity index is 1.60. The van der Waals surface area contributed by atoms with Gasteiger partial charge in [0, 0.05) is 24.8 Å². The van der Waals surface area contributed by atoms with Crippen LogP contribution in [0.25, 0.3) is 0 Å². The van der Waals surface area contributed by atoms with Crippen LogP contribution in [0, 0.1) is 0 Å². The molecule has 1 aliphatic rings. The zero-order valence-corrected chi connectivity index (χ0v) is 13.5. The maximum Gasteiger partial charge on any atom is 0.573 e. The summed E-state index contributed by atoms with van der Waals surface area (Å²) in [5.41, 5.74) is 1.37. The number of nitrogens with one attached hydrogen (secondary N) is 1. The monoisotopic (exact) mass is 352 g/mol. The second kappa shape index (κ2) is 7.13. The zero-order valence-electron chi connectivity index (χ0n) is 13.5. The number of anilines is 2. The van der Waals surface area contributed by atoms with Gasteiger partial charge in [-0.3, -0.25) is 0 Å². The Kier molecular flexibility index (Phi) is 4.92. The van der Waals surface area contributed by atoms with Crippen LogP contribution in [-0.2, 0) is 0 Å². The van der Waals surface area contributed by atoms with E-state index in [0.29, 0.717) is 5.69 Å². The van der Waals surface area contributed by atoms with Crippen LogP contribution in [0.5, 0.6) is 11.5 Å². The molecule has 0 bridgehead atoms. The number of phenolic OH excluding ortho intramolecular Hbond substituents is 1. The van der Waals surface area contributed by atoms with Gasteiger partial charge in [0.1, 0.15) is 5.75 Å². The summed E-state index contributed by atoms with van der Waals surface area (Å²) in [6, 6.07) is 13.2. The Morgan fingerprint density at radius 3 is 2.28 bits per heavy atom. The Morgan fingerprint density at radius 1 is 1.00 bits per heavy atom. The molecule has 7 heteroatoms. The van der Waals surface area contributed by atoms with Crippen molar-refractivity contribution in [1.82, 2.24) is 0 Å². The molecule has 1 saturated heterocycles. The minimum absolute atomic E-state index is 0.0753. The van der Waals surface area contributed by atoms with Gasteiger partial charge in [0.05, 0.1) is 5.69 Å². The number of ether oxygens (including phenoxy) is 1. The highest BCUT2D eigenvalue weighted by atomic mass is 19.4. The van der Waals surface area contributed by atoms with E-state index in [2.05, 4.69) is 15.0 Å². The molecule has 0 amide bonds. The largest absolute Gasteiger partial charge is 0.573 e. The molecule has 1 aliphatic heterocycles. The van der Waals surface area contributed by atoms with Gasteiger partial charge in [-0.1, -0.05) is 12.1 Å². The predicted octanol–water partition coefficient (Wildman–Crippen LogP) is 4.37. The molecule has 2 N–H and O–H groups in total. The van der Waals surface area contributed by atoms with E-state index < -0.39 is 6.36 Å². The Morgan fingerprint density at radius 2 is 1.64 bits per heavy atom. The minimum Gasteiger partial charge on any atom is -0.508 e. The van der Waals surface area contributed by atoms with Crippen LogP contribution in [0.1, 0.15) is 12.8 Å². The molecular formula is C18H19F3N2O2. The first-order valence-electron chi connectivity index (χ1n) is 8.06. The van der Waals surface area contributed by atoms with Crippen molar-refractivity contribution >= 4 is 11.4 Å².